The Kier molecular flexibility index (Phi) is 4.50. The van der Waals surface area contributed by atoms with E-state index in [-0.39, 0.29) is 0 Å². The van der Waals surface area contributed by atoms with Crippen LogP contribution in [0.3, 0.4) is 0 Å². The normalized spacial score (nSPS) is 11.9. The molecule has 7 heteroatoms. The summed E-state index contributed by atoms with van der Waals surface area (Å²) in [5, 5.41) is 0. The Bertz CT molecular complexity index is 859. The molecule has 122 valence electrons. The van der Waals surface area contributed by atoms with Crippen LogP contribution >= 0.6 is 15.9 Å². The zero-order valence-electron chi connectivity index (χ0n) is 13.5. The van der Waals surface area contributed by atoms with Crippen molar-refractivity contribution in [3.05, 3.63) is 22.6 Å². The summed E-state index contributed by atoms with van der Waals surface area (Å²) >= 11 is 3.53. The maximum absolute atomic E-state index is 6.16. The molecule has 0 spiro atoms. The van der Waals surface area contributed by atoms with Crippen LogP contribution in [0.5, 0.6) is 0 Å². The van der Waals surface area contributed by atoms with E-state index in [0.717, 1.165) is 33.4 Å². The molecule has 3 heterocycles. The number of hydrogen-bond acceptors (Lipinski definition) is 5. The quantitative estimate of drug-likeness (QED) is 0.735. The van der Waals surface area contributed by atoms with E-state index in [1.54, 1.807) is 6.20 Å². The van der Waals surface area contributed by atoms with Gasteiger partial charge < -0.3 is 15.0 Å². The van der Waals surface area contributed by atoms with Gasteiger partial charge >= 0.3 is 0 Å². The summed E-state index contributed by atoms with van der Waals surface area (Å²) in [5.41, 5.74) is 9.34. The fourth-order valence-electron chi connectivity index (χ4n) is 2.67. The molecule has 3 aromatic heterocycles. The largest absolute Gasteiger partial charge is 0.382 e. The summed E-state index contributed by atoms with van der Waals surface area (Å²) in [6.45, 7) is 8.24. The second kappa shape index (κ2) is 6.41. The number of nitrogens with two attached hydrogens (primary N) is 1. The Morgan fingerprint density at radius 1 is 1.26 bits per heavy atom. The molecule has 0 amide bonds. The number of ether oxygens (including phenoxy) is 1. The van der Waals surface area contributed by atoms with Gasteiger partial charge in [0.2, 0.25) is 0 Å². The van der Waals surface area contributed by atoms with Crippen LogP contribution in [-0.4, -0.2) is 26.1 Å². The van der Waals surface area contributed by atoms with Gasteiger partial charge in [0.05, 0.1) is 0 Å². The number of nitrogens with zero attached hydrogens (tertiary/aromatic N) is 4. The molecular weight excluding hydrogens is 358 g/mol. The van der Waals surface area contributed by atoms with Crippen LogP contribution in [0, 0.1) is 5.92 Å². The van der Waals surface area contributed by atoms with Crippen molar-refractivity contribution in [2.24, 2.45) is 5.92 Å². The van der Waals surface area contributed by atoms with Crippen LogP contribution in [-0.2, 0) is 17.9 Å². The second-order valence-corrected chi connectivity index (χ2v) is 6.71. The van der Waals surface area contributed by atoms with Crippen LogP contribution in [0.25, 0.3) is 22.1 Å². The van der Waals surface area contributed by atoms with Crippen molar-refractivity contribution >= 4 is 43.8 Å². The Hall–Kier alpha value is -1.73. The molecule has 3 aromatic rings. The summed E-state index contributed by atoms with van der Waals surface area (Å²) < 4.78 is 8.61. The van der Waals surface area contributed by atoms with E-state index < -0.39 is 0 Å². The summed E-state index contributed by atoms with van der Waals surface area (Å²) in [6, 6.07) is 1.87. The lowest BCUT2D eigenvalue weighted by Gasteiger charge is -2.13. The molecule has 0 unspecified atom stereocenters. The Morgan fingerprint density at radius 2 is 2.04 bits per heavy atom. The van der Waals surface area contributed by atoms with Crippen molar-refractivity contribution < 1.29 is 4.74 Å². The third kappa shape index (κ3) is 2.90. The van der Waals surface area contributed by atoms with Crippen LogP contribution in [0.1, 0.15) is 26.6 Å². The number of anilines is 1. The number of rotatable bonds is 5. The highest BCUT2D eigenvalue weighted by molar-refractivity contribution is 9.10. The van der Waals surface area contributed by atoms with Gasteiger partial charge in [-0.3, -0.25) is 4.98 Å². The number of halogens is 1. The molecular formula is C16H20BrN5O. The first kappa shape index (κ1) is 16.1. The maximum Gasteiger partial charge on any atom is 0.152 e. The van der Waals surface area contributed by atoms with Crippen molar-refractivity contribution in [3.8, 4) is 0 Å². The van der Waals surface area contributed by atoms with Crippen molar-refractivity contribution in [2.45, 2.75) is 33.9 Å². The lowest BCUT2D eigenvalue weighted by atomic mass is 10.2. The third-order valence-electron chi connectivity index (χ3n) is 3.60. The molecule has 3 rings (SSSR count). The zero-order valence-corrected chi connectivity index (χ0v) is 15.1. The number of fused-ring (bicyclic) bond motifs is 3. The van der Waals surface area contributed by atoms with Crippen molar-refractivity contribution in [1.29, 1.82) is 0 Å². The van der Waals surface area contributed by atoms with E-state index in [1.807, 2.05) is 13.0 Å². The molecule has 0 atom stereocenters. The smallest absolute Gasteiger partial charge is 0.152 e. The van der Waals surface area contributed by atoms with Gasteiger partial charge in [-0.05, 0) is 34.8 Å². The van der Waals surface area contributed by atoms with Gasteiger partial charge in [0, 0.05) is 23.8 Å². The van der Waals surface area contributed by atoms with E-state index in [0.29, 0.717) is 30.5 Å². The molecule has 0 saturated carbocycles. The van der Waals surface area contributed by atoms with Gasteiger partial charge in [-0.15, -0.1) is 0 Å². The van der Waals surface area contributed by atoms with Crippen LogP contribution in [0.4, 0.5) is 5.82 Å². The topological polar surface area (TPSA) is 78.8 Å². The molecule has 0 bridgehead atoms. The first-order valence-electron chi connectivity index (χ1n) is 7.69. The van der Waals surface area contributed by atoms with Gasteiger partial charge in [-0.2, -0.15) is 0 Å². The van der Waals surface area contributed by atoms with E-state index in [4.69, 9.17) is 10.5 Å². The number of imidazole rings is 1. The van der Waals surface area contributed by atoms with Crippen LogP contribution in [0.15, 0.2) is 16.7 Å². The maximum atomic E-state index is 6.16. The van der Waals surface area contributed by atoms with E-state index in [1.165, 1.54) is 0 Å². The molecule has 23 heavy (non-hydrogen) atoms. The van der Waals surface area contributed by atoms with Gasteiger partial charge in [0.25, 0.3) is 0 Å². The molecule has 0 aliphatic rings. The van der Waals surface area contributed by atoms with Crippen LogP contribution in [0.2, 0.25) is 0 Å². The molecule has 6 nitrogen and oxygen atoms in total. The Balaban J connectivity index is 2.36. The molecule has 2 N–H and O–H groups in total. The van der Waals surface area contributed by atoms with E-state index in [2.05, 4.69) is 49.3 Å². The van der Waals surface area contributed by atoms with Gasteiger partial charge in [-0.25, -0.2) is 9.97 Å². The lowest BCUT2D eigenvalue weighted by molar-refractivity contribution is 0.125. The van der Waals surface area contributed by atoms with E-state index >= 15 is 0 Å². The van der Waals surface area contributed by atoms with Gasteiger partial charge in [0.15, 0.2) is 5.82 Å². The summed E-state index contributed by atoms with van der Waals surface area (Å²) in [7, 11) is 0. The fourth-order valence-corrected chi connectivity index (χ4v) is 3.06. The molecule has 0 fully saturated rings. The average Bonchev–Trinajstić information content (AvgIpc) is 2.85. The third-order valence-corrected chi connectivity index (χ3v) is 4.24. The minimum Gasteiger partial charge on any atom is -0.382 e. The fraction of sp³-hybridized carbons (Fsp3) is 0.438. The highest BCUT2D eigenvalue weighted by Crippen LogP contribution is 2.31. The van der Waals surface area contributed by atoms with Crippen LogP contribution < -0.4 is 5.73 Å². The number of pyridine rings is 2. The van der Waals surface area contributed by atoms with Crippen molar-refractivity contribution in [1.82, 2.24) is 19.5 Å². The first-order chi connectivity index (χ1) is 11.0. The second-order valence-electron chi connectivity index (χ2n) is 5.85. The minimum absolute atomic E-state index is 0.418. The summed E-state index contributed by atoms with van der Waals surface area (Å²) in [5.74, 6) is 1.74. The van der Waals surface area contributed by atoms with E-state index in [9.17, 15) is 0 Å². The number of aromatic nitrogens is 4. The molecule has 0 aliphatic heterocycles. The zero-order chi connectivity index (χ0) is 16.6. The monoisotopic (exact) mass is 377 g/mol. The SMILES string of the molecule is CCOCc1nc2c(N)nc3c(Br)ccnc3c2n1CC(C)C. The van der Waals surface area contributed by atoms with Gasteiger partial charge in [0.1, 0.15) is 34.5 Å². The average molecular weight is 378 g/mol. The lowest BCUT2D eigenvalue weighted by Crippen LogP contribution is -2.10. The Morgan fingerprint density at radius 3 is 2.74 bits per heavy atom. The predicted octanol–water partition coefficient (Wildman–Crippen LogP) is 3.52. The highest BCUT2D eigenvalue weighted by Gasteiger charge is 2.19. The first-order valence-corrected chi connectivity index (χ1v) is 8.48. The highest BCUT2D eigenvalue weighted by atomic mass is 79.9. The minimum atomic E-state index is 0.418. The predicted molar refractivity (Wildman–Crippen MR) is 95.1 cm³/mol. The van der Waals surface area contributed by atoms with Gasteiger partial charge in [-0.1, -0.05) is 13.8 Å². The number of hydrogen-bond donors (Lipinski definition) is 1. The van der Waals surface area contributed by atoms with Crippen molar-refractivity contribution in [2.75, 3.05) is 12.3 Å². The number of nitrogen functional groups attached to an aromatic ring is 1. The standard InChI is InChI=1S/C16H20BrN5O/c1-4-23-8-11-20-14-15(22(11)7-9(2)3)13-12(21-16(14)18)10(17)5-6-19-13/h5-6,9H,4,7-8H2,1-3H3,(H2,18,21). The summed E-state index contributed by atoms with van der Waals surface area (Å²) in [4.78, 5) is 13.7. The Labute approximate surface area is 143 Å². The summed E-state index contributed by atoms with van der Waals surface area (Å²) in [6.07, 6.45) is 1.76. The molecule has 0 aromatic carbocycles. The molecule has 0 radical (unpaired) electrons. The molecule has 0 saturated heterocycles. The molecule has 0 aliphatic carbocycles. The van der Waals surface area contributed by atoms with Crippen molar-refractivity contribution in [3.63, 3.8) is 0 Å².